The zero-order chi connectivity index (χ0) is 25.8. The van der Waals surface area contributed by atoms with E-state index in [1.54, 1.807) is 54.6 Å². The number of hydrogen-bond acceptors (Lipinski definition) is 4. The van der Waals surface area contributed by atoms with Crippen molar-refractivity contribution < 1.29 is 22.7 Å². The number of rotatable bonds is 7. The molecule has 0 radical (unpaired) electrons. The lowest BCUT2D eigenvalue weighted by Crippen LogP contribution is -2.13. The molecule has 184 valence electrons. The van der Waals surface area contributed by atoms with E-state index < -0.39 is 17.5 Å². The van der Waals surface area contributed by atoms with Gasteiger partial charge in [-0.25, -0.2) is 17.9 Å². The van der Waals surface area contributed by atoms with Gasteiger partial charge in [0, 0.05) is 11.3 Å². The highest BCUT2D eigenvalue weighted by atomic mass is 19.1. The summed E-state index contributed by atoms with van der Waals surface area (Å²) in [5, 5.41) is 7.07. The second-order valence-corrected chi connectivity index (χ2v) is 8.04. The van der Waals surface area contributed by atoms with Crippen molar-refractivity contribution in [2.75, 3.05) is 5.32 Å². The number of anilines is 1. The minimum absolute atomic E-state index is 0.0421. The molecule has 0 aliphatic carbocycles. The molecular weight excluding hydrogens is 481 g/mol. The normalized spacial score (nSPS) is 10.8. The molecule has 5 rings (SSSR count). The van der Waals surface area contributed by atoms with E-state index in [1.807, 2.05) is 0 Å². The Hall–Kier alpha value is -4.92. The number of nitrogens with zero attached hydrogens (tertiary/aromatic N) is 3. The Labute approximate surface area is 210 Å². The lowest BCUT2D eigenvalue weighted by molar-refractivity contribution is 0.102. The molecule has 0 saturated carbocycles. The molecular formula is C28H19F3N4O2. The molecule has 9 heteroatoms. The van der Waals surface area contributed by atoms with Crippen LogP contribution < -0.4 is 10.1 Å². The highest BCUT2D eigenvalue weighted by Crippen LogP contribution is 2.25. The highest BCUT2D eigenvalue weighted by molar-refractivity contribution is 6.04. The minimum Gasteiger partial charge on any atom is -0.457 e. The standard InChI is InChI=1S/C28H19F3N4O2/c29-20-10-8-18(9-11-20)17-37-28-33-26(19-4-3-5-21(30)16-19)35(34-28)23-14-12-22(13-15-23)32-27(36)24-6-1-2-7-25(24)31/h1-16H,17H2,(H,32,36). The first-order chi connectivity index (χ1) is 18.0. The van der Waals surface area contributed by atoms with E-state index in [1.165, 1.54) is 47.1 Å². The molecule has 0 spiro atoms. The first-order valence-electron chi connectivity index (χ1n) is 11.2. The van der Waals surface area contributed by atoms with Gasteiger partial charge in [0.15, 0.2) is 5.82 Å². The molecule has 6 nitrogen and oxygen atoms in total. The van der Waals surface area contributed by atoms with Gasteiger partial charge >= 0.3 is 6.01 Å². The Morgan fingerprint density at radius 2 is 1.59 bits per heavy atom. The van der Waals surface area contributed by atoms with E-state index in [0.29, 0.717) is 22.8 Å². The molecule has 1 aromatic heterocycles. The Bertz CT molecular complexity index is 1550. The van der Waals surface area contributed by atoms with Gasteiger partial charge in [-0.2, -0.15) is 4.98 Å². The molecule has 0 fully saturated rings. The van der Waals surface area contributed by atoms with Gasteiger partial charge < -0.3 is 10.1 Å². The van der Waals surface area contributed by atoms with Gasteiger partial charge in [0.1, 0.15) is 24.1 Å². The lowest BCUT2D eigenvalue weighted by Gasteiger charge is -2.09. The minimum atomic E-state index is -0.618. The smallest absolute Gasteiger partial charge is 0.336 e. The number of carbonyl (C=O) groups excluding carboxylic acids is 1. The van der Waals surface area contributed by atoms with Crippen molar-refractivity contribution in [2.45, 2.75) is 6.61 Å². The molecule has 5 aromatic rings. The van der Waals surface area contributed by atoms with Crippen LogP contribution in [0.25, 0.3) is 17.1 Å². The average Bonchev–Trinajstić information content (AvgIpc) is 3.33. The summed E-state index contributed by atoms with van der Waals surface area (Å²) in [5.41, 5.74) is 2.13. The van der Waals surface area contributed by atoms with Gasteiger partial charge in [0.05, 0.1) is 11.3 Å². The number of ether oxygens (including phenoxy) is 1. The molecule has 0 aliphatic rings. The quantitative estimate of drug-likeness (QED) is 0.290. The number of aromatic nitrogens is 3. The number of benzene rings is 4. The fraction of sp³-hybridized carbons (Fsp3) is 0.0357. The van der Waals surface area contributed by atoms with Crippen molar-refractivity contribution in [2.24, 2.45) is 0 Å². The summed E-state index contributed by atoms with van der Waals surface area (Å²) < 4.78 is 48.2. The molecule has 0 unspecified atom stereocenters. The topological polar surface area (TPSA) is 69.0 Å². The molecule has 1 amide bonds. The Morgan fingerprint density at radius 1 is 0.838 bits per heavy atom. The third-order valence-electron chi connectivity index (χ3n) is 5.44. The molecule has 37 heavy (non-hydrogen) atoms. The van der Waals surface area contributed by atoms with E-state index in [0.717, 1.165) is 5.56 Å². The maximum absolute atomic E-state index is 14.0. The fourth-order valence-electron chi connectivity index (χ4n) is 3.61. The van der Waals surface area contributed by atoms with Crippen LogP contribution in [0.3, 0.4) is 0 Å². The second kappa shape index (κ2) is 10.4. The van der Waals surface area contributed by atoms with E-state index in [-0.39, 0.29) is 24.0 Å². The Balaban J connectivity index is 1.41. The van der Waals surface area contributed by atoms with Crippen molar-refractivity contribution in [1.82, 2.24) is 14.8 Å². The predicted molar refractivity (Wildman–Crippen MR) is 132 cm³/mol. The van der Waals surface area contributed by atoms with Crippen LogP contribution in [0.2, 0.25) is 0 Å². The monoisotopic (exact) mass is 500 g/mol. The first kappa shape index (κ1) is 23.8. The maximum atomic E-state index is 14.0. The predicted octanol–water partition coefficient (Wildman–Crippen LogP) is 6.18. The third-order valence-corrected chi connectivity index (χ3v) is 5.44. The number of hydrogen-bond donors (Lipinski definition) is 1. The van der Waals surface area contributed by atoms with Crippen molar-refractivity contribution in [3.63, 3.8) is 0 Å². The van der Waals surface area contributed by atoms with Crippen LogP contribution >= 0.6 is 0 Å². The van der Waals surface area contributed by atoms with Gasteiger partial charge in [-0.15, -0.1) is 5.10 Å². The van der Waals surface area contributed by atoms with Crippen LogP contribution in [0.5, 0.6) is 6.01 Å². The van der Waals surface area contributed by atoms with Crippen LogP contribution in [0.4, 0.5) is 18.9 Å². The molecule has 0 aliphatic heterocycles. The SMILES string of the molecule is O=C(Nc1ccc(-n2nc(OCc3ccc(F)cc3)nc2-c2cccc(F)c2)cc1)c1ccccc1F. The Morgan fingerprint density at radius 3 is 2.32 bits per heavy atom. The average molecular weight is 500 g/mol. The molecule has 1 heterocycles. The van der Waals surface area contributed by atoms with E-state index in [9.17, 15) is 18.0 Å². The van der Waals surface area contributed by atoms with Crippen molar-refractivity contribution in [1.29, 1.82) is 0 Å². The van der Waals surface area contributed by atoms with E-state index in [4.69, 9.17) is 4.74 Å². The number of amides is 1. The van der Waals surface area contributed by atoms with Gasteiger partial charge in [0.2, 0.25) is 0 Å². The molecule has 1 N–H and O–H groups in total. The van der Waals surface area contributed by atoms with Crippen molar-refractivity contribution in [3.8, 4) is 23.1 Å². The number of nitrogens with one attached hydrogen (secondary N) is 1. The van der Waals surface area contributed by atoms with Crippen LogP contribution in [0.1, 0.15) is 15.9 Å². The van der Waals surface area contributed by atoms with Crippen molar-refractivity contribution >= 4 is 11.6 Å². The molecule has 0 bridgehead atoms. The zero-order valence-corrected chi connectivity index (χ0v) is 19.2. The van der Waals surface area contributed by atoms with Crippen LogP contribution in [0.15, 0.2) is 97.1 Å². The van der Waals surface area contributed by atoms with Crippen LogP contribution in [-0.4, -0.2) is 20.7 Å². The lowest BCUT2D eigenvalue weighted by atomic mass is 10.2. The second-order valence-electron chi connectivity index (χ2n) is 8.04. The highest BCUT2D eigenvalue weighted by Gasteiger charge is 2.16. The van der Waals surface area contributed by atoms with Gasteiger partial charge in [-0.1, -0.05) is 36.4 Å². The summed E-state index contributed by atoms with van der Waals surface area (Å²) in [5.74, 6) is -1.66. The van der Waals surface area contributed by atoms with Crippen LogP contribution in [0, 0.1) is 17.5 Å². The summed E-state index contributed by atoms with van der Waals surface area (Å²) in [6.07, 6.45) is 0. The first-order valence-corrected chi connectivity index (χ1v) is 11.2. The molecule has 0 atom stereocenters. The van der Waals surface area contributed by atoms with E-state index >= 15 is 0 Å². The van der Waals surface area contributed by atoms with E-state index in [2.05, 4.69) is 15.4 Å². The number of carbonyl (C=O) groups is 1. The summed E-state index contributed by atoms with van der Waals surface area (Å²) >= 11 is 0. The van der Waals surface area contributed by atoms with Gasteiger partial charge in [0.25, 0.3) is 5.91 Å². The maximum Gasteiger partial charge on any atom is 0.336 e. The summed E-state index contributed by atoms with van der Waals surface area (Å²) in [7, 11) is 0. The molecule has 0 saturated heterocycles. The third kappa shape index (κ3) is 5.51. The fourth-order valence-corrected chi connectivity index (χ4v) is 3.61. The van der Waals surface area contributed by atoms with Gasteiger partial charge in [-0.3, -0.25) is 4.79 Å². The molecule has 4 aromatic carbocycles. The largest absolute Gasteiger partial charge is 0.457 e. The summed E-state index contributed by atoms with van der Waals surface area (Å²) in [6.45, 7) is 0.105. The van der Waals surface area contributed by atoms with Crippen molar-refractivity contribution in [3.05, 3.63) is 126 Å². The van der Waals surface area contributed by atoms with Crippen LogP contribution in [-0.2, 0) is 6.61 Å². The summed E-state index contributed by atoms with van der Waals surface area (Å²) in [6, 6.07) is 24.1. The Kier molecular flexibility index (Phi) is 6.67. The number of halogens is 3. The zero-order valence-electron chi connectivity index (χ0n) is 19.2. The van der Waals surface area contributed by atoms with Gasteiger partial charge in [-0.05, 0) is 66.2 Å². The summed E-state index contributed by atoms with van der Waals surface area (Å²) in [4.78, 5) is 16.8.